The topological polar surface area (TPSA) is 18.5 Å². The van der Waals surface area contributed by atoms with E-state index in [-0.39, 0.29) is 0 Å². The summed E-state index contributed by atoms with van der Waals surface area (Å²) < 4.78 is 12.3. The van der Waals surface area contributed by atoms with Crippen molar-refractivity contribution in [3.05, 3.63) is 83.9 Å². The molecule has 0 saturated heterocycles. The van der Waals surface area contributed by atoms with Gasteiger partial charge in [-0.3, -0.25) is 0 Å². The lowest BCUT2D eigenvalue weighted by Gasteiger charge is -2.24. The Hall–Kier alpha value is -2.57. The normalized spacial score (nSPS) is 14.1. The molecule has 3 heteroatoms. The van der Waals surface area contributed by atoms with Crippen molar-refractivity contribution in [3.8, 4) is 11.5 Å². The van der Waals surface area contributed by atoms with Gasteiger partial charge in [-0.05, 0) is 33.7 Å². The molecular formula is C22H17O2P. The predicted octanol–water partition coefficient (Wildman–Crippen LogP) is 6.30. The molecule has 0 N–H and O–H groups in total. The standard InChI is InChI=1S/C22H17O2P/c1-25-23-21-12-10-15-6-2-4-8-17(15)19(21)14-20-18-9-5-3-7-16(18)11-13-22(20)24-25/h2-13H,14H2,1H3. The van der Waals surface area contributed by atoms with Gasteiger partial charge in [-0.2, -0.15) is 0 Å². The molecular weight excluding hydrogens is 327 g/mol. The van der Waals surface area contributed by atoms with Gasteiger partial charge < -0.3 is 9.05 Å². The monoisotopic (exact) mass is 344 g/mol. The van der Waals surface area contributed by atoms with Crippen LogP contribution in [0.2, 0.25) is 0 Å². The summed E-state index contributed by atoms with van der Waals surface area (Å²) in [5.74, 6) is 1.87. The zero-order valence-corrected chi connectivity index (χ0v) is 14.8. The molecule has 0 fully saturated rings. The molecule has 0 bridgehead atoms. The van der Waals surface area contributed by atoms with Crippen molar-refractivity contribution in [1.82, 2.24) is 0 Å². The maximum atomic E-state index is 6.16. The fourth-order valence-corrected chi connectivity index (χ4v) is 4.57. The molecule has 0 radical (unpaired) electrons. The summed E-state index contributed by atoms with van der Waals surface area (Å²) in [6, 6.07) is 25.4. The Balaban J connectivity index is 1.82. The fraction of sp³-hybridized carbons (Fsp3) is 0.0909. The van der Waals surface area contributed by atoms with Crippen LogP contribution in [0.1, 0.15) is 11.1 Å². The van der Waals surface area contributed by atoms with E-state index < -0.39 is 8.38 Å². The smallest absolute Gasteiger partial charge is 0.286 e. The molecule has 25 heavy (non-hydrogen) atoms. The van der Waals surface area contributed by atoms with Gasteiger partial charge in [0.25, 0.3) is 8.38 Å². The lowest BCUT2D eigenvalue weighted by atomic mass is 9.93. The number of fused-ring (bicyclic) bond motifs is 6. The van der Waals surface area contributed by atoms with E-state index >= 15 is 0 Å². The summed E-state index contributed by atoms with van der Waals surface area (Å²) >= 11 is 0. The van der Waals surface area contributed by atoms with Gasteiger partial charge in [0.1, 0.15) is 11.5 Å². The van der Waals surface area contributed by atoms with E-state index in [0.29, 0.717) is 0 Å². The molecule has 0 spiro atoms. The Morgan fingerprint density at radius 2 is 1.12 bits per heavy atom. The first-order valence-electron chi connectivity index (χ1n) is 8.40. The zero-order valence-electron chi connectivity index (χ0n) is 13.9. The highest BCUT2D eigenvalue weighted by Crippen LogP contribution is 2.46. The van der Waals surface area contributed by atoms with E-state index in [0.717, 1.165) is 17.9 Å². The van der Waals surface area contributed by atoms with E-state index in [1.807, 2.05) is 6.66 Å². The van der Waals surface area contributed by atoms with E-state index in [4.69, 9.17) is 9.05 Å². The molecule has 2 nitrogen and oxygen atoms in total. The highest BCUT2D eigenvalue weighted by atomic mass is 31.2. The second-order valence-corrected chi connectivity index (χ2v) is 7.57. The van der Waals surface area contributed by atoms with Crippen LogP contribution in [0, 0.1) is 0 Å². The summed E-state index contributed by atoms with van der Waals surface area (Å²) in [5, 5.41) is 5.00. The number of hydrogen-bond acceptors (Lipinski definition) is 2. The van der Waals surface area contributed by atoms with Gasteiger partial charge in [0, 0.05) is 24.2 Å². The quantitative estimate of drug-likeness (QED) is 0.349. The molecule has 1 aliphatic heterocycles. The van der Waals surface area contributed by atoms with E-state index in [2.05, 4.69) is 72.8 Å². The number of hydrogen-bond donors (Lipinski definition) is 0. The minimum Gasteiger partial charge on any atom is -0.438 e. The van der Waals surface area contributed by atoms with Gasteiger partial charge in [0.05, 0.1) is 0 Å². The maximum Gasteiger partial charge on any atom is 0.286 e. The Bertz CT molecular complexity index is 1020. The van der Waals surface area contributed by atoms with Crippen molar-refractivity contribution in [3.63, 3.8) is 0 Å². The fourth-order valence-electron chi connectivity index (χ4n) is 3.64. The molecule has 4 aromatic rings. The van der Waals surface area contributed by atoms with Gasteiger partial charge in [-0.1, -0.05) is 60.7 Å². The predicted molar refractivity (Wildman–Crippen MR) is 105 cm³/mol. The Kier molecular flexibility index (Phi) is 3.39. The molecule has 1 aliphatic rings. The molecule has 4 aromatic carbocycles. The zero-order chi connectivity index (χ0) is 16.8. The summed E-state index contributed by atoms with van der Waals surface area (Å²) in [6.45, 7) is 2.01. The SMILES string of the molecule is CP1Oc2ccc3ccccc3c2Cc2c(ccc3ccccc23)O1. The van der Waals surface area contributed by atoms with Crippen molar-refractivity contribution in [1.29, 1.82) is 0 Å². The maximum absolute atomic E-state index is 6.16. The van der Waals surface area contributed by atoms with E-state index in [9.17, 15) is 0 Å². The minimum atomic E-state index is -1.02. The Morgan fingerprint density at radius 3 is 1.64 bits per heavy atom. The first kappa shape index (κ1) is 14.7. The molecule has 122 valence electrons. The molecule has 0 aliphatic carbocycles. The van der Waals surface area contributed by atoms with Crippen LogP contribution in [-0.2, 0) is 6.42 Å². The molecule has 0 aromatic heterocycles. The number of rotatable bonds is 0. The summed E-state index contributed by atoms with van der Waals surface area (Å²) in [6.07, 6.45) is 0.802. The molecule has 0 amide bonds. The first-order chi connectivity index (χ1) is 12.3. The second kappa shape index (κ2) is 5.75. The van der Waals surface area contributed by atoms with Gasteiger partial charge in [-0.25, -0.2) is 0 Å². The van der Waals surface area contributed by atoms with Crippen LogP contribution in [0.5, 0.6) is 11.5 Å². The largest absolute Gasteiger partial charge is 0.438 e. The average molecular weight is 344 g/mol. The molecule has 5 rings (SSSR count). The van der Waals surface area contributed by atoms with Crippen LogP contribution in [0.3, 0.4) is 0 Å². The van der Waals surface area contributed by atoms with Crippen molar-refractivity contribution in [2.24, 2.45) is 0 Å². The van der Waals surface area contributed by atoms with Gasteiger partial charge in [0.15, 0.2) is 0 Å². The second-order valence-electron chi connectivity index (χ2n) is 6.33. The Labute approximate surface area is 147 Å². The third kappa shape index (κ3) is 2.45. The van der Waals surface area contributed by atoms with Crippen LogP contribution >= 0.6 is 8.38 Å². The van der Waals surface area contributed by atoms with Crippen LogP contribution in [-0.4, -0.2) is 6.66 Å². The van der Waals surface area contributed by atoms with Crippen LogP contribution in [0.25, 0.3) is 21.5 Å². The average Bonchev–Trinajstić information content (AvgIpc) is 2.63. The lowest BCUT2D eigenvalue weighted by molar-refractivity contribution is 0.485. The molecule has 0 atom stereocenters. The Morgan fingerprint density at radius 1 is 0.640 bits per heavy atom. The molecule has 0 saturated carbocycles. The van der Waals surface area contributed by atoms with E-state index in [1.165, 1.54) is 32.7 Å². The minimum absolute atomic E-state index is 0.802. The van der Waals surface area contributed by atoms with Crippen LogP contribution < -0.4 is 9.05 Å². The van der Waals surface area contributed by atoms with Crippen molar-refractivity contribution in [2.75, 3.05) is 6.66 Å². The third-order valence-corrected chi connectivity index (χ3v) is 5.71. The van der Waals surface area contributed by atoms with Crippen molar-refractivity contribution in [2.45, 2.75) is 6.42 Å². The van der Waals surface area contributed by atoms with Gasteiger partial charge >= 0.3 is 0 Å². The van der Waals surface area contributed by atoms with Crippen LogP contribution in [0.15, 0.2) is 72.8 Å². The third-order valence-electron chi connectivity index (χ3n) is 4.80. The summed E-state index contributed by atoms with van der Waals surface area (Å²) in [5.41, 5.74) is 2.49. The highest BCUT2D eigenvalue weighted by Gasteiger charge is 2.21. The van der Waals surface area contributed by atoms with Gasteiger partial charge in [-0.15, -0.1) is 0 Å². The van der Waals surface area contributed by atoms with Crippen LogP contribution in [0.4, 0.5) is 0 Å². The lowest BCUT2D eigenvalue weighted by Crippen LogP contribution is -2.05. The first-order valence-corrected chi connectivity index (χ1v) is 10.0. The highest BCUT2D eigenvalue weighted by molar-refractivity contribution is 7.47. The van der Waals surface area contributed by atoms with Gasteiger partial charge in [0.2, 0.25) is 0 Å². The summed E-state index contributed by atoms with van der Waals surface area (Å²) in [4.78, 5) is 0. The summed E-state index contributed by atoms with van der Waals surface area (Å²) in [7, 11) is -1.02. The number of benzene rings is 4. The van der Waals surface area contributed by atoms with Crippen molar-refractivity contribution < 1.29 is 9.05 Å². The molecule has 1 heterocycles. The van der Waals surface area contributed by atoms with Crippen molar-refractivity contribution >= 4 is 29.9 Å². The molecule has 0 unspecified atom stereocenters. The van der Waals surface area contributed by atoms with E-state index in [1.54, 1.807) is 0 Å².